The van der Waals surface area contributed by atoms with Gasteiger partial charge in [0.25, 0.3) is 0 Å². The molecule has 0 spiro atoms. The van der Waals surface area contributed by atoms with Crippen molar-refractivity contribution in [3.8, 4) is 10.4 Å². The molecule has 1 aromatic heterocycles. The van der Waals surface area contributed by atoms with Gasteiger partial charge in [0.05, 0.1) is 34.9 Å². The standard InChI is InChI=1S/C40H56N6O7S/c1-25-36(54-24-44-25)30-14-12-28(13-15-30)20-43-38(50)33-19-31(47)21-46(33)39(51)37(40(3,4)5)45-35(49)23-52-18-6-7-27-8-10-29(11-9-27)22-53-26(2)32(41)16-17-34(42)48/h8-15,24,26,31-33,37,47H,6-7,16-23,41H2,1-5H3,(H2,42,48)(H,43,50)(H,45,49)/t26-,31-,32+,33+,37-/m1/s1. The second kappa shape index (κ2) is 19.9. The van der Waals surface area contributed by atoms with E-state index in [1.165, 1.54) is 4.90 Å². The lowest BCUT2D eigenvalue weighted by molar-refractivity contribution is -0.144. The molecule has 2 heterocycles. The second-order valence-corrected chi connectivity index (χ2v) is 16.0. The van der Waals surface area contributed by atoms with Crippen LogP contribution in [0, 0.1) is 12.3 Å². The first-order valence-electron chi connectivity index (χ1n) is 18.5. The summed E-state index contributed by atoms with van der Waals surface area (Å²) in [5.74, 6) is -1.60. The van der Waals surface area contributed by atoms with Crippen LogP contribution in [0.4, 0.5) is 0 Å². The van der Waals surface area contributed by atoms with Crippen molar-refractivity contribution in [2.24, 2.45) is 16.9 Å². The first-order valence-corrected chi connectivity index (χ1v) is 19.4. The number of aliphatic hydroxyl groups excluding tert-OH is 1. The zero-order chi connectivity index (χ0) is 39.4. The Kier molecular flexibility index (Phi) is 15.7. The number of carbonyl (C=O) groups is 4. The van der Waals surface area contributed by atoms with Crippen LogP contribution in [0.15, 0.2) is 54.0 Å². The van der Waals surface area contributed by atoms with E-state index in [1.54, 1.807) is 11.3 Å². The summed E-state index contributed by atoms with van der Waals surface area (Å²) >= 11 is 1.57. The van der Waals surface area contributed by atoms with Gasteiger partial charge in [-0.1, -0.05) is 69.3 Å². The van der Waals surface area contributed by atoms with Crippen molar-refractivity contribution in [1.82, 2.24) is 20.5 Å². The Balaban J connectivity index is 1.20. The van der Waals surface area contributed by atoms with Crippen molar-refractivity contribution < 1.29 is 33.8 Å². The molecule has 0 saturated carbocycles. The molecular formula is C40H56N6O7S. The lowest BCUT2D eigenvalue weighted by Gasteiger charge is -2.35. The van der Waals surface area contributed by atoms with Crippen molar-refractivity contribution in [2.45, 2.75) is 110 Å². The summed E-state index contributed by atoms with van der Waals surface area (Å²) in [5.41, 5.74) is 17.5. The number of carbonyl (C=O) groups excluding carboxylic acids is 4. The molecule has 4 amide bonds. The number of hydrogen-bond acceptors (Lipinski definition) is 10. The van der Waals surface area contributed by atoms with Gasteiger partial charge in [-0.2, -0.15) is 0 Å². The maximum atomic E-state index is 13.9. The van der Waals surface area contributed by atoms with E-state index in [4.69, 9.17) is 20.9 Å². The van der Waals surface area contributed by atoms with Gasteiger partial charge in [-0.3, -0.25) is 19.2 Å². The van der Waals surface area contributed by atoms with E-state index >= 15 is 0 Å². The number of likely N-dealkylation sites (tertiary alicyclic amines) is 1. The Bertz CT molecular complexity index is 1690. The maximum absolute atomic E-state index is 13.9. The summed E-state index contributed by atoms with van der Waals surface area (Å²) in [6.45, 7) is 10.2. The topological polar surface area (TPSA) is 199 Å². The molecule has 1 saturated heterocycles. The first-order chi connectivity index (χ1) is 25.6. The van der Waals surface area contributed by atoms with E-state index in [9.17, 15) is 24.3 Å². The van der Waals surface area contributed by atoms with Crippen molar-refractivity contribution in [1.29, 1.82) is 0 Å². The molecule has 0 aliphatic carbocycles. The zero-order valence-electron chi connectivity index (χ0n) is 32.0. The number of rotatable bonds is 19. The minimum absolute atomic E-state index is 0.00152. The van der Waals surface area contributed by atoms with Crippen LogP contribution in [0.5, 0.6) is 0 Å². The number of hydrogen-bond donors (Lipinski definition) is 5. The summed E-state index contributed by atoms with van der Waals surface area (Å²) in [5, 5.41) is 16.3. The number of benzene rings is 2. The number of ether oxygens (including phenoxy) is 2. The molecule has 1 aliphatic heterocycles. The fourth-order valence-corrected chi connectivity index (χ4v) is 7.03. The van der Waals surface area contributed by atoms with Crippen molar-refractivity contribution in [3.05, 3.63) is 76.4 Å². The number of aromatic nitrogens is 1. The quantitative estimate of drug-likeness (QED) is 0.114. The van der Waals surface area contributed by atoms with E-state index in [1.807, 2.05) is 88.7 Å². The van der Waals surface area contributed by atoms with E-state index < -0.39 is 35.4 Å². The molecule has 0 radical (unpaired) electrons. The van der Waals surface area contributed by atoms with Crippen molar-refractivity contribution >= 4 is 35.0 Å². The van der Waals surface area contributed by atoms with E-state index in [2.05, 4.69) is 15.6 Å². The third-order valence-corrected chi connectivity index (χ3v) is 10.5. The molecule has 1 fully saturated rings. The molecule has 0 unspecified atom stereocenters. The number of nitrogens with one attached hydrogen (secondary N) is 2. The molecule has 5 atom stereocenters. The van der Waals surface area contributed by atoms with Gasteiger partial charge in [-0.05, 0) is 60.8 Å². The highest BCUT2D eigenvalue weighted by atomic mass is 32.1. The number of nitrogens with zero attached hydrogens (tertiary/aromatic N) is 2. The average Bonchev–Trinajstić information content (AvgIpc) is 3.75. The summed E-state index contributed by atoms with van der Waals surface area (Å²) in [6.07, 6.45) is 1.18. The Hall–Kier alpha value is -4.21. The molecule has 2 aromatic carbocycles. The summed E-state index contributed by atoms with van der Waals surface area (Å²) in [4.78, 5) is 58.0. The zero-order valence-corrected chi connectivity index (χ0v) is 32.8. The highest BCUT2D eigenvalue weighted by Gasteiger charge is 2.44. The smallest absolute Gasteiger partial charge is 0.246 e. The highest BCUT2D eigenvalue weighted by Crippen LogP contribution is 2.28. The number of nitrogens with two attached hydrogens (primary N) is 2. The molecular weight excluding hydrogens is 709 g/mol. The summed E-state index contributed by atoms with van der Waals surface area (Å²) in [7, 11) is 0. The number of β-amino-alcohol motifs (C(OH)–C–C–N with tert-alkyl or cyclic N) is 1. The number of aliphatic hydroxyl groups is 1. The lowest BCUT2D eigenvalue weighted by atomic mass is 9.85. The van der Waals surface area contributed by atoms with Crippen molar-refractivity contribution in [3.63, 3.8) is 0 Å². The molecule has 1 aliphatic rings. The van der Waals surface area contributed by atoms with Crippen LogP contribution >= 0.6 is 11.3 Å². The Morgan fingerprint density at radius 1 is 1.06 bits per heavy atom. The molecule has 294 valence electrons. The van der Waals surface area contributed by atoms with Crippen molar-refractivity contribution in [2.75, 3.05) is 19.8 Å². The molecule has 54 heavy (non-hydrogen) atoms. The predicted octanol–water partition coefficient (Wildman–Crippen LogP) is 3.37. The number of amides is 4. The third-order valence-electron chi connectivity index (χ3n) is 9.56. The molecule has 14 heteroatoms. The second-order valence-electron chi connectivity index (χ2n) is 15.1. The molecule has 4 rings (SSSR count). The summed E-state index contributed by atoms with van der Waals surface area (Å²) in [6, 6.07) is 13.8. The third kappa shape index (κ3) is 12.7. The molecule has 3 aromatic rings. The normalized spacial score (nSPS) is 17.5. The van der Waals surface area contributed by atoms with Crippen LogP contribution in [0.3, 0.4) is 0 Å². The van der Waals surface area contributed by atoms with Gasteiger partial charge in [0, 0.05) is 38.6 Å². The van der Waals surface area contributed by atoms with Gasteiger partial charge < -0.3 is 41.6 Å². The molecule has 13 nitrogen and oxygen atoms in total. The predicted molar refractivity (Wildman–Crippen MR) is 208 cm³/mol. The molecule has 7 N–H and O–H groups in total. The van der Waals surface area contributed by atoms with Crippen LogP contribution in [-0.4, -0.2) is 88.7 Å². The average molecular weight is 765 g/mol. The van der Waals surface area contributed by atoms with Gasteiger partial charge >= 0.3 is 0 Å². The first kappa shape index (κ1) is 42.5. The molecule has 0 bridgehead atoms. The van der Waals surface area contributed by atoms with Crippen LogP contribution in [0.25, 0.3) is 10.4 Å². The van der Waals surface area contributed by atoms with Gasteiger partial charge in [-0.15, -0.1) is 11.3 Å². The minimum atomic E-state index is -0.937. The van der Waals surface area contributed by atoms with E-state index in [0.717, 1.165) is 39.2 Å². The largest absolute Gasteiger partial charge is 0.391 e. The van der Waals surface area contributed by atoms with Crippen LogP contribution in [0.2, 0.25) is 0 Å². The Morgan fingerprint density at radius 2 is 1.72 bits per heavy atom. The highest BCUT2D eigenvalue weighted by molar-refractivity contribution is 7.13. The van der Waals surface area contributed by atoms with Gasteiger partial charge in [0.2, 0.25) is 23.6 Å². The monoisotopic (exact) mass is 764 g/mol. The SMILES string of the molecule is Cc1ncsc1-c1ccc(CNC(=O)[C@@H]2C[C@@H](O)CN2C(=O)[C@@H](NC(=O)COCCCc2ccc(CO[C@H](C)[C@@H](N)CCC(N)=O)cc2)C(C)(C)C)cc1. The van der Waals surface area contributed by atoms with Crippen LogP contribution < -0.4 is 22.1 Å². The lowest BCUT2D eigenvalue weighted by Crippen LogP contribution is -2.58. The van der Waals surface area contributed by atoms with Crippen LogP contribution in [-0.2, 0) is 48.2 Å². The minimum Gasteiger partial charge on any atom is -0.391 e. The number of aryl methyl sites for hydroxylation is 2. The maximum Gasteiger partial charge on any atom is 0.246 e. The number of thiazole rings is 1. The fraction of sp³-hybridized carbons (Fsp3) is 0.525. The number of primary amides is 1. The Labute approximate surface area is 322 Å². The van der Waals surface area contributed by atoms with Crippen LogP contribution in [0.1, 0.15) is 75.8 Å². The van der Waals surface area contributed by atoms with Gasteiger partial charge in [0.1, 0.15) is 18.7 Å². The Morgan fingerprint density at radius 3 is 2.35 bits per heavy atom. The fourth-order valence-electron chi connectivity index (χ4n) is 6.22. The van der Waals surface area contributed by atoms with Gasteiger partial charge in [0.15, 0.2) is 0 Å². The summed E-state index contributed by atoms with van der Waals surface area (Å²) < 4.78 is 11.5. The van der Waals surface area contributed by atoms with E-state index in [-0.39, 0.29) is 56.5 Å². The van der Waals surface area contributed by atoms with Gasteiger partial charge in [-0.25, -0.2) is 4.98 Å². The van der Waals surface area contributed by atoms with E-state index in [0.29, 0.717) is 26.1 Å².